The number of amides is 1. The van der Waals surface area contributed by atoms with Crippen LogP contribution in [0.2, 0.25) is 0 Å². The van der Waals surface area contributed by atoms with E-state index in [1.165, 1.54) is 23.9 Å². The van der Waals surface area contributed by atoms with Crippen molar-refractivity contribution in [2.75, 3.05) is 6.26 Å². The highest BCUT2D eigenvalue weighted by atomic mass is 32.2. The Labute approximate surface area is 136 Å². The molecule has 0 saturated carbocycles. The van der Waals surface area contributed by atoms with E-state index in [9.17, 15) is 14.9 Å². The van der Waals surface area contributed by atoms with Gasteiger partial charge in [0.2, 0.25) is 0 Å². The second-order valence-electron chi connectivity index (χ2n) is 5.11. The average molecular weight is 333 g/mol. The van der Waals surface area contributed by atoms with Crippen LogP contribution in [0.4, 0.5) is 5.69 Å². The van der Waals surface area contributed by atoms with Crippen LogP contribution in [0, 0.1) is 10.1 Å². The number of nitrogens with zero attached hydrogens (tertiary/aromatic N) is 4. The molecule has 23 heavy (non-hydrogen) atoms. The van der Waals surface area contributed by atoms with Crippen molar-refractivity contribution < 1.29 is 9.72 Å². The summed E-state index contributed by atoms with van der Waals surface area (Å²) in [6, 6.07) is 4.52. The molecule has 1 N–H and O–H groups in total. The molecule has 1 aromatic heterocycles. The highest BCUT2D eigenvalue weighted by molar-refractivity contribution is 7.98. The minimum absolute atomic E-state index is 0.0583. The number of fused-ring (bicyclic) bond motifs is 1. The number of nitrogens with one attached hydrogen (secondary N) is 1. The number of thioether (sulfide) groups is 1. The predicted octanol–water partition coefficient (Wildman–Crippen LogP) is 1.78. The molecular weight excluding hydrogens is 318 g/mol. The van der Waals surface area contributed by atoms with Gasteiger partial charge in [0, 0.05) is 23.9 Å². The molecule has 2 heterocycles. The van der Waals surface area contributed by atoms with Crippen LogP contribution in [0.25, 0.3) is 0 Å². The molecule has 1 aromatic carbocycles. The third-order valence-corrected chi connectivity index (χ3v) is 4.46. The summed E-state index contributed by atoms with van der Waals surface area (Å²) < 4.78 is 1.98. The van der Waals surface area contributed by atoms with Crippen molar-refractivity contribution in [3.05, 3.63) is 45.5 Å². The molecule has 0 saturated heterocycles. The number of nitro groups is 1. The lowest BCUT2D eigenvalue weighted by Crippen LogP contribution is -2.25. The maximum Gasteiger partial charge on any atom is 0.282 e. The summed E-state index contributed by atoms with van der Waals surface area (Å²) in [6.07, 6.45) is 3.76. The Kier molecular flexibility index (Phi) is 4.28. The zero-order valence-corrected chi connectivity index (χ0v) is 13.3. The Morgan fingerprint density at radius 3 is 3.04 bits per heavy atom. The topological polar surface area (TPSA) is 103 Å². The number of aryl methyl sites for hydroxylation is 1. The molecule has 0 fully saturated rings. The SMILES string of the molecule is CSc1ccc([N+](=O)[O-])c(C(=O)NCc2nnc3n2CCC3)c1. The molecule has 1 aliphatic heterocycles. The Bertz CT molecular complexity index is 774. The van der Waals surface area contributed by atoms with Gasteiger partial charge in [-0.15, -0.1) is 22.0 Å². The van der Waals surface area contributed by atoms with Gasteiger partial charge in [-0.2, -0.15) is 0 Å². The molecule has 0 unspecified atom stereocenters. The van der Waals surface area contributed by atoms with E-state index in [4.69, 9.17) is 0 Å². The first-order valence-corrected chi connectivity index (χ1v) is 8.34. The third-order valence-electron chi connectivity index (χ3n) is 3.74. The van der Waals surface area contributed by atoms with Crippen LogP contribution in [-0.4, -0.2) is 31.9 Å². The largest absolute Gasteiger partial charge is 0.345 e. The first kappa shape index (κ1) is 15.5. The Hall–Kier alpha value is -2.42. The van der Waals surface area contributed by atoms with Gasteiger partial charge < -0.3 is 9.88 Å². The summed E-state index contributed by atoms with van der Waals surface area (Å²) >= 11 is 1.42. The van der Waals surface area contributed by atoms with E-state index < -0.39 is 10.8 Å². The summed E-state index contributed by atoms with van der Waals surface area (Å²) in [5.41, 5.74) is -0.144. The number of rotatable bonds is 5. The van der Waals surface area contributed by atoms with E-state index in [0.29, 0.717) is 5.82 Å². The van der Waals surface area contributed by atoms with Crippen molar-refractivity contribution >= 4 is 23.4 Å². The van der Waals surface area contributed by atoms with Crippen molar-refractivity contribution in [1.29, 1.82) is 0 Å². The number of hydrogen-bond donors (Lipinski definition) is 1. The van der Waals surface area contributed by atoms with Gasteiger partial charge in [0.25, 0.3) is 11.6 Å². The van der Waals surface area contributed by atoms with Gasteiger partial charge in [0.1, 0.15) is 11.4 Å². The fourth-order valence-electron chi connectivity index (χ4n) is 2.58. The summed E-state index contributed by atoms with van der Waals surface area (Å²) in [5, 5.41) is 21.9. The molecule has 2 aromatic rings. The standard InChI is InChI=1S/C14H15N5O3S/c1-23-9-4-5-11(19(21)22)10(7-9)14(20)15-8-13-17-16-12-3-2-6-18(12)13/h4-5,7H,2-3,6,8H2,1H3,(H,15,20). The minimum Gasteiger partial charge on any atom is -0.345 e. The molecular formula is C14H15N5O3S. The molecule has 0 spiro atoms. The lowest BCUT2D eigenvalue weighted by Gasteiger charge is -2.07. The molecule has 9 heteroatoms. The first-order chi connectivity index (χ1) is 11.1. The van der Waals surface area contributed by atoms with Crippen molar-refractivity contribution in [3.63, 3.8) is 0 Å². The molecule has 1 aliphatic rings. The fourth-order valence-corrected chi connectivity index (χ4v) is 3.02. The van der Waals surface area contributed by atoms with Crippen molar-refractivity contribution in [3.8, 4) is 0 Å². The molecule has 8 nitrogen and oxygen atoms in total. The van der Waals surface area contributed by atoms with Crippen molar-refractivity contribution in [2.24, 2.45) is 0 Å². The molecule has 0 aliphatic carbocycles. The fraction of sp³-hybridized carbons (Fsp3) is 0.357. The van der Waals surface area contributed by atoms with Crippen LogP contribution in [-0.2, 0) is 19.5 Å². The van der Waals surface area contributed by atoms with Crippen LogP contribution in [0.5, 0.6) is 0 Å². The monoisotopic (exact) mass is 333 g/mol. The third kappa shape index (κ3) is 3.04. The van der Waals surface area contributed by atoms with Crippen LogP contribution in [0.1, 0.15) is 28.4 Å². The van der Waals surface area contributed by atoms with E-state index in [2.05, 4.69) is 15.5 Å². The van der Waals surface area contributed by atoms with E-state index in [-0.39, 0.29) is 17.8 Å². The van der Waals surface area contributed by atoms with Crippen molar-refractivity contribution in [1.82, 2.24) is 20.1 Å². The van der Waals surface area contributed by atoms with E-state index in [1.807, 2.05) is 10.8 Å². The molecule has 3 rings (SSSR count). The second kappa shape index (κ2) is 6.37. The molecule has 1 amide bonds. The number of nitro benzene ring substituents is 1. The zero-order valence-electron chi connectivity index (χ0n) is 12.5. The van der Waals surface area contributed by atoms with Gasteiger partial charge in [-0.05, 0) is 24.8 Å². The Morgan fingerprint density at radius 1 is 1.48 bits per heavy atom. The molecule has 0 bridgehead atoms. The van der Waals surface area contributed by atoms with Crippen LogP contribution >= 0.6 is 11.8 Å². The summed E-state index contributed by atoms with van der Waals surface area (Å²) in [6.45, 7) is 1.04. The quantitative estimate of drug-likeness (QED) is 0.508. The number of benzene rings is 1. The van der Waals surface area contributed by atoms with Gasteiger partial charge in [-0.1, -0.05) is 0 Å². The maximum absolute atomic E-state index is 12.4. The number of carbonyl (C=O) groups is 1. The van der Waals surface area contributed by atoms with Crippen LogP contribution < -0.4 is 5.32 Å². The van der Waals surface area contributed by atoms with Gasteiger partial charge >= 0.3 is 0 Å². The second-order valence-corrected chi connectivity index (χ2v) is 5.99. The lowest BCUT2D eigenvalue weighted by molar-refractivity contribution is -0.385. The van der Waals surface area contributed by atoms with Gasteiger partial charge in [-0.25, -0.2) is 0 Å². The highest BCUT2D eigenvalue weighted by Gasteiger charge is 2.22. The number of hydrogen-bond acceptors (Lipinski definition) is 6. The zero-order chi connectivity index (χ0) is 16.4. The highest BCUT2D eigenvalue weighted by Crippen LogP contribution is 2.24. The Balaban J connectivity index is 1.78. The van der Waals surface area contributed by atoms with E-state index in [0.717, 1.165) is 30.1 Å². The van der Waals surface area contributed by atoms with Gasteiger partial charge in [-0.3, -0.25) is 14.9 Å². The summed E-state index contributed by atoms with van der Waals surface area (Å²) in [5.74, 6) is 1.11. The van der Waals surface area contributed by atoms with Crippen LogP contribution in [0.15, 0.2) is 23.1 Å². The Morgan fingerprint density at radius 2 is 2.30 bits per heavy atom. The summed E-state index contributed by atoms with van der Waals surface area (Å²) in [4.78, 5) is 23.7. The molecule has 0 atom stereocenters. The predicted molar refractivity (Wildman–Crippen MR) is 84.4 cm³/mol. The van der Waals surface area contributed by atoms with E-state index >= 15 is 0 Å². The maximum atomic E-state index is 12.4. The average Bonchev–Trinajstić information content (AvgIpc) is 3.15. The van der Waals surface area contributed by atoms with E-state index in [1.54, 1.807) is 6.07 Å². The summed E-state index contributed by atoms with van der Waals surface area (Å²) in [7, 11) is 0. The normalized spacial score (nSPS) is 12.9. The van der Waals surface area contributed by atoms with Crippen LogP contribution in [0.3, 0.4) is 0 Å². The molecule has 0 radical (unpaired) electrons. The minimum atomic E-state index is -0.548. The smallest absolute Gasteiger partial charge is 0.282 e. The van der Waals surface area contributed by atoms with Gasteiger partial charge in [0.15, 0.2) is 5.82 Å². The molecule has 120 valence electrons. The van der Waals surface area contributed by atoms with Crippen molar-refractivity contribution in [2.45, 2.75) is 30.8 Å². The number of carbonyl (C=O) groups excluding carboxylic acids is 1. The van der Waals surface area contributed by atoms with Gasteiger partial charge in [0.05, 0.1) is 11.5 Å². The lowest BCUT2D eigenvalue weighted by atomic mass is 10.1. The first-order valence-electron chi connectivity index (χ1n) is 7.11. The number of aromatic nitrogens is 3.